The van der Waals surface area contributed by atoms with Crippen LogP contribution in [0.3, 0.4) is 0 Å². The summed E-state index contributed by atoms with van der Waals surface area (Å²) in [4.78, 5) is 7.09. The zero-order chi connectivity index (χ0) is 21.7. The summed E-state index contributed by atoms with van der Waals surface area (Å²) < 4.78 is 16.6. The van der Waals surface area contributed by atoms with Crippen LogP contribution in [0.4, 0.5) is 0 Å². The molecule has 0 aliphatic carbocycles. The molecule has 0 bridgehead atoms. The van der Waals surface area contributed by atoms with Crippen LogP contribution in [-0.4, -0.2) is 64.0 Å². The predicted molar refractivity (Wildman–Crippen MR) is 124 cm³/mol. The molecule has 0 radical (unpaired) electrons. The summed E-state index contributed by atoms with van der Waals surface area (Å²) in [5.41, 5.74) is 2.28. The number of benzene rings is 2. The van der Waals surface area contributed by atoms with Gasteiger partial charge in [-0.05, 0) is 42.3 Å². The van der Waals surface area contributed by atoms with E-state index in [4.69, 9.17) is 19.2 Å². The number of ether oxygens (including phenoxy) is 3. The van der Waals surface area contributed by atoms with Crippen molar-refractivity contribution in [1.29, 1.82) is 0 Å². The standard InChI is InChI=1S/C24H34N4O3/c1-3-25-24(26-18-20-7-9-22(29-2)10-8-20)27-19-21-5-4-6-23(17-21)31-16-13-28-11-14-30-15-12-28/h4-10,17H,3,11-16,18-19H2,1-2H3,(H2,25,26,27). The number of hydrogen-bond acceptors (Lipinski definition) is 5. The summed E-state index contributed by atoms with van der Waals surface area (Å²) in [6.45, 7) is 9.34. The van der Waals surface area contributed by atoms with E-state index in [2.05, 4.69) is 34.6 Å². The maximum absolute atomic E-state index is 5.96. The highest BCUT2D eigenvalue weighted by molar-refractivity contribution is 5.79. The fourth-order valence-corrected chi connectivity index (χ4v) is 3.29. The quantitative estimate of drug-likeness (QED) is 0.450. The van der Waals surface area contributed by atoms with Gasteiger partial charge < -0.3 is 24.8 Å². The van der Waals surface area contributed by atoms with E-state index in [9.17, 15) is 0 Å². The Hall–Kier alpha value is -2.77. The second-order valence-electron chi connectivity index (χ2n) is 7.35. The normalized spacial score (nSPS) is 14.8. The summed E-state index contributed by atoms with van der Waals surface area (Å²) in [7, 11) is 1.67. The summed E-state index contributed by atoms with van der Waals surface area (Å²) >= 11 is 0. The molecule has 31 heavy (non-hydrogen) atoms. The number of methoxy groups -OCH3 is 1. The van der Waals surface area contributed by atoms with Crippen molar-refractivity contribution in [1.82, 2.24) is 15.5 Å². The third kappa shape index (κ3) is 8.11. The first-order valence-corrected chi connectivity index (χ1v) is 10.9. The van der Waals surface area contributed by atoms with Crippen molar-refractivity contribution in [2.24, 2.45) is 4.99 Å². The van der Waals surface area contributed by atoms with Crippen LogP contribution in [0.2, 0.25) is 0 Å². The van der Waals surface area contributed by atoms with E-state index in [0.717, 1.165) is 62.4 Å². The van der Waals surface area contributed by atoms with E-state index in [-0.39, 0.29) is 0 Å². The van der Waals surface area contributed by atoms with Crippen molar-refractivity contribution in [3.8, 4) is 11.5 Å². The highest BCUT2D eigenvalue weighted by Gasteiger charge is 2.09. The largest absolute Gasteiger partial charge is 0.497 e. The number of rotatable bonds is 10. The summed E-state index contributed by atoms with van der Waals surface area (Å²) in [5.74, 6) is 2.53. The lowest BCUT2D eigenvalue weighted by Gasteiger charge is -2.26. The molecule has 0 amide bonds. The number of hydrogen-bond donors (Lipinski definition) is 2. The summed E-state index contributed by atoms with van der Waals surface area (Å²) in [6.07, 6.45) is 0. The van der Waals surface area contributed by atoms with Crippen LogP contribution in [0.25, 0.3) is 0 Å². The Morgan fingerprint density at radius 2 is 1.84 bits per heavy atom. The fraction of sp³-hybridized carbons (Fsp3) is 0.458. The molecule has 7 heteroatoms. The lowest BCUT2D eigenvalue weighted by Crippen LogP contribution is -2.38. The molecule has 0 spiro atoms. The SMILES string of the molecule is CCNC(=NCc1cccc(OCCN2CCOCC2)c1)NCc1ccc(OC)cc1. The molecule has 1 heterocycles. The van der Waals surface area contributed by atoms with E-state index in [1.165, 1.54) is 5.56 Å². The van der Waals surface area contributed by atoms with Crippen LogP contribution in [0, 0.1) is 0 Å². The Labute approximate surface area is 185 Å². The lowest BCUT2D eigenvalue weighted by atomic mass is 10.2. The van der Waals surface area contributed by atoms with Gasteiger partial charge in [0.2, 0.25) is 0 Å². The van der Waals surface area contributed by atoms with Crippen LogP contribution in [0.1, 0.15) is 18.1 Å². The number of guanidine groups is 1. The minimum Gasteiger partial charge on any atom is -0.497 e. The van der Waals surface area contributed by atoms with Gasteiger partial charge in [0, 0.05) is 32.7 Å². The molecule has 1 aliphatic heterocycles. The fourth-order valence-electron chi connectivity index (χ4n) is 3.29. The van der Waals surface area contributed by atoms with Crippen LogP contribution in [-0.2, 0) is 17.8 Å². The number of morpholine rings is 1. The van der Waals surface area contributed by atoms with Crippen LogP contribution in [0.5, 0.6) is 11.5 Å². The number of nitrogens with zero attached hydrogens (tertiary/aromatic N) is 2. The van der Waals surface area contributed by atoms with Crippen molar-refractivity contribution < 1.29 is 14.2 Å². The first-order valence-electron chi connectivity index (χ1n) is 10.9. The first kappa shape index (κ1) is 22.9. The second-order valence-corrected chi connectivity index (χ2v) is 7.35. The average molecular weight is 427 g/mol. The lowest BCUT2D eigenvalue weighted by molar-refractivity contribution is 0.0322. The smallest absolute Gasteiger partial charge is 0.191 e. The molecular formula is C24H34N4O3. The average Bonchev–Trinajstić information content (AvgIpc) is 2.82. The second kappa shape index (κ2) is 12.8. The highest BCUT2D eigenvalue weighted by atomic mass is 16.5. The Morgan fingerprint density at radius 1 is 1.03 bits per heavy atom. The van der Waals surface area contributed by atoms with Crippen molar-refractivity contribution in [3.63, 3.8) is 0 Å². The van der Waals surface area contributed by atoms with Crippen molar-refractivity contribution >= 4 is 5.96 Å². The molecule has 3 rings (SSSR count). The molecule has 1 saturated heterocycles. The van der Waals surface area contributed by atoms with Gasteiger partial charge in [-0.15, -0.1) is 0 Å². The molecule has 1 fully saturated rings. The van der Waals surface area contributed by atoms with Gasteiger partial charge >= 0.3 is 0 Å². The molecular weight excluding hydrogens is 392 g/mol. The van der Waals surface area contributed by atoms with Crippen LogP contribution >= 0.6 is 0 Å². The Bertz CT molecular complexity index is 805. The van der Waals surface area contributed by atoms with Crippen LogP contribution in [0.15, 0.2) is 53.5 Å². The molecule has 0 saturated carbocycles. The van der Waals surface area contributed by atoms with Crippen molar-refractivity contribution in [3.05, 3.63) is 59.7 Å². The molecule has 2 N–H and O–H groups in total. The van der Waals surface area contributed by atoms with E-state index in [0.29, 0.717) is 19.7 Å². The van der Waals surface area contributed by atoms with Gasteiger partial charge in [-0.2, -0.15) is 0 Å². The van der Waals surface area contributed by atoms with Gasteiger partial charge in [-0.1, -0.05) is 24.3 Å². The molecule has 0 aromatic heterocycles. The zero-order valence-electron chi connectivity index (χ0n) is 18.6. The summed E-state index contributed by atoms with van der Waals surface area (Å²) in [5, 5.41) is 6.68. The number of nitrogens with one attached hydrogen (secondary N) is 2. The Morgan fingerprint density at radius 3 is 2.58 bits per heavy atom. The van der Waals surface area contributed by atoms with E-state index in [1.807, 2.05) is 36.4 Å². The third-order valence-electron chi connectivity index (χ3n) is 5.06. The topological polar surface area (TPSA) is 67.4 Å². The monoisotopic (exact) mass is 426 g/mol. The van der Waals surface area contributed by atoms with Crippen LogP contribution < -0.4 is 20.1 Å². The van der Waals surface area contributed by atoms with E-state index in [1.54, 1.807) is 7.11 Å². The van der Waals surface area contributed by atoms with Gasteiger partial charge in [0.25, 0.3) is 0 Å². The van der Waals surface area contributed by atoms with Crippen molar-refractivity contribution in [2.75, 3.05) is 53.1 Å². The molecule has 2 aromatic rings. The van der Waals surface area contributed by atoms with Gasteiger partial charge in [-0.3, -0.25) is 4.90 Å². The number of aliphatic imine (C=N–C) groups is 1. The highest BCUT2D eigenvalue weighted by Crippen LogP contribution is 2.14. The maximum atomic E-state index is 5.96. The Kier molecular flexibility index (Phi) is 9.47. The van der Waals surface area contributed by atoms with E-state index >= 15 is 0 Å². The molecule has 7 nitrogen and oxygen atoms in total. The maximum Gasteiger partial charge on any atom is 0.191 e. The molecule has 1 aliphatic rings. The molecule has 2 aromatic carbocycles. The van der Waals surface area contributed by atoms with Gasteiger partial charge in [0.1, 0.15) is 18.1 Å². The van der Waals surface area contributed by atoms with Gasteiger partial charge in [0.05, 0.1) is 26.9 Å². The molecule has 168 valence electrons. The van der Waals surface area contributed by atoms with Gasteiger partial charge in [0.15, 0.2) is 5.96 Å². The minimum absolute atomic E-state index is 0.582. The Balaban J connectivity index is 1.49. The predicted octanol–water partition coefficient (Wildman–Crippen LogP) is 2.66. The van der Waals surface area contributed by atoms with E-state index < -0.39 is 0 Å². The van der Waals surface area contributed by atoms with Gasteiger partial charge in [-0.25, -0.2) is 4.99 Å². The molecule has 0 atom stereocenters. The molecule has 0 unspecified atom stereocenters. The zero-order valence-corrected chi connectivity index (χ0v) is 18.6. The van der Waals surface area contributed by atoms with Crippen molar-refractivity contribution in [2.45, 2.75) is 20.0 Å². The first-order chi connectivity index (χ1) is 15.3. The third-order valence-corrected chi connectivity index (χ3v) is 5.06. The summed E-state index contributed by atoms with van der Waals surface area (Å²) in [6, 6.07) is 16.2. The minimum atomic E-state index is 0.582.